The van der Waals surface area contributed by atoms with Crippen LogP contribution in [0.15, 0.2) is 0 Å². The zero-order valence-electron chi connectivity index (χ0n) is 13.2. The quantitative estimate of drug-likeness (QED) is 0.809. The molecule has 2 aliphatic carbocycles. The molecule has 3 aliphatic rings. The lowest BCUT2D eigenvalue weighted by Gasteiger charge is -2.27. The second-order valence-corrected chi connectivity index (χ2v) is 7.86. The summed E-state index contributed by atoms with van der Waals surface area (Å²) in [4.78, 5) is 37.9. The van der Waals surface area contributed by atoms with Gasteiger partial charge in [-0.2, -0.15) is 0 Å². The number of hydrogen-bond donors (Lipinski definition) is 2. The number of aliphatic carboxylic acids is 1. The molecule has 0 aromatic heterocycles. The monoisotopic (exact) mass is 340 g/mol. The molecule has 0 bridgehead atoms. The van der Waals surface area contributed by atoms with Crippen LogP contribution in [0.4, 0.5) is 0 Å². The number of carboxylic acid groups (broad SMARTS) is 1. The van der Waals surface area contributed by atoms with E-state index >= 15 is 0 Å². The first-order valence-electron chi connectivity index (χ1n) is 8.47. The zero-order valence-corrected chi connectivity index (χ0v) is 14.0. The molecule has 7 heteroatoms. The van der Waals surface area contributed by atoms with Crippen molar-refractivity contribution in [3.63, 3.8) is 0 Å². The van der Waals surface area contributed by atoms with Gasteiger partial charge in [-0.05, 0) is 32.1 Å². The van der Waals surface area contributed by atoms with Crippen LogP contribution >= 0.6 is 11.8 Å². The van der Waals surface area contributed by atoms with E-state index in [0.717, 1.165) is 25.7 Å². The van der Waals surface area contributed by atoms with Gasteiger partial charge in [0.15, 0.2) is 0 Å². The Morgan fingerprint density at radius 2 is 1.78 bits per heavy atom. The van der Waals surface area contributed by atoms with Crippen LogP contribution in [-0.2, 0) is 14.4 Å². The van der Waals surface area contributed by atoms with Crippen molar-refractivity contribution < 1.29 is 19.5 Å². The minimum absolute atomic E-state index is 0.0716. The Labute approximate surface area is 140 Å². The highest BCUT2D eigenvalue weighted by Crippen LogP contribution is 2.31. The molecule has 3 rings (SSSR count). The third kappa shape index (κ3) is 3.65. The lowest BCUT2D eigenvalue weighted by atomic mass is 10.1. The summed E-state index contributed by atoms with van der Waals surface area (Å²) in [5.41, 5.74) is 0. The van der Waals surface area contributed by atoms with E-state index in [2.05, 4.69) is 5.32 Å². The molecule has 2 amide bonds. The van der Waals surface area contributed by atoms with E-state index in [9.17, 15) is 14.4 Å². The molecule has 3 atom stereocenters. The molecule has 3 fully saturated rings. The smallest absolute Gasteiger partial charge is 0.306 e. The molecular formula is C16H24N2O4S. The fraction of sp³-hybridized carbons (Fsp3) is 0.812. The van der Waals surface area contributed by atoms with Crippen molar-refractivity contribution in [1.29, 1.82) is 0 Å². The van der Waals surface area contributed by atoms with Gasteiger partial charge in [-0.15, -0.1) is 11.8 Å². The van der Waals surface area contributed by atoms with Crippen LogP contribution in [0.5, 0.6) is 0 Å². The highest BCUT2D eigenvalue weighted by molar-refractivity contribution is 7.99. The summed E-state index contributed by atoms with van der Waals surface area (Å²) in [6, 6.07) is -0.463. The lowest BCUT2D eigenvalue weighted by molar-refractivity contribution is -0.141. The second kappa shape index (κ2) is 7.11. The predicted molar refractivity (Wildman–Crippen MR) is 86.8 cm³/mol. The lowest BCUT2D eigenvalue weighted by Crippen LogP contribution is -2.50. The van der Waals surface area contributed by atoms with Gasteiger partial charge in [0.25, 0.3) is 0 Å². The van der Waals surface area contributed by atoms with Crippen LogP contribution in [0.2, 0.25) is 0 Å². The van der Waals surface area contributed by atoms with E-state index in [1.165, 1.54) is 0 Å². The number of nitrogens with zero attached hydrogens (tertiary/aromatic N) is 1. The fourth-order valence-corrected chi connectivity index (χ4v) is 5.08. The van der Waals surface area contributed by atoms with Gasteiger partial charge in [0.2, 0.25) is 11.8 Å². The van der Waals surface area contributed by atoms with Crippen molar-refractivity contribution in [2.24, 2.45) is 11.8 Å². The molecule has 2 N–H and O–H groups in total. The number of carboxylic acids is 1. The average Bonchev–Trinajstić information content (AvgIpc) is 3.26. The molecule has 0 aromatic rings. The number of amides is 2. The molecule has 1 unspecified atom stereocenters. The van der Waals surface area contributed by atoms with Crippen LogP contribution in [0.25, 0.3) is 0 Å². The minimum atomic E-state index is -0.781. The molecule has 128 valence electrons. The normalized spacial score (nSPS) is 31.5. The van der Waals surface area contributed by atoms with Crippen LogP contribution in [0.1, 0.15) is 44.9 Å². The van der Waals surface area contributed by atoms with E-state index in [4.69, 9.17) is 5.11 Å². The Morgan fingerprint density at radius 3 is 2.43 bits per heavy atom. The molecule has 2 saturated carbocycles. The summed E-state index contributed by atoms with van der Waals surface area (Å²) in [5.74, 6) is 0.201. The topological polar surface area (TPSA) is 86.7 Å². The zero-order chi connectivity index (χ0) is 16.4. The number of carbonyl (C=O) groups is 3. The maximum Gasteiger partial charge on any atom is 0.306 e. The summed E-state index contributed by atoms with van der Waals surface area (Å²) < 4.78 is 0. The van der Waals surface area contributed by atoms with Crippen LogP contribution in [0, 0.1) is 11.8 Å². The van der Waals surface area contributed by atoms with Crippen LogP contribution in [0.3, 0.4) is 0 Å². The van der Waals surface area contributed by atoms with E-state index < -0.39 is 12.0 Å². The van der Waals surface area contributed by atoms with Crippen molar-refractivity contribution in [3.05, 3.63) is 0 Å². The second-order valence-electron chi connectivity index (χ2n) is 6.86. The minimum Gasteiger partial charge on any atom is -0.481 e. The fourth-order valence-electron chi connectivity index (χ4n) is 3.92. The van der Waals surface area contributed by atoms with Gasteiger partial charge in [0.1, 0.15) is 6.04 Å². The Morgan fingerprint density at radius 1 is 1.04 bits per heavy atom. The van der Waals surface area contributed by atoms with Crippen molar-refractivity contribution in [2.75, 3.05) is 11.6 Å². The molecular weight excluding hydrogens is 316 g/mol. The van der Waals surface area contributed by atoms with Crippen molar-refractivity contribution >= 4 is 29.5 Å². The van der Waals surface area contributed by atoms with Gasteiger partial charge in [-0.25, -0.2) is 0 Å². The van der Waals surface area contributed by atoms with Gasteiger partial charge in [-0.1, -0.05) is 12.8 Å². The molecule has 23 heavy (non-hydrogen) atoms. The molecule has 1 saturated heterocycles. The highest BCUT2D eigenvalue weighted by atomic mass is 32.2. The molecule has 0 spiro atoms. The van der Waals surface area contributed by atoms with Gasteiger partial charge in [-0.3, -0.25) is 14.4 Å². The largest absolute Gasteiger partial charge is 0.481 e. The SMILES string of the molecule is O=C(N[C@@H]1CC[C@H](C(=O)O)C1)C1CSCN1C(=O)C1CCCC1. The van der Waals surface area contributed by atoms with Gasteiger partial charge in [0, 0.05) is 17.7 Å². The maximum atomic E-state index is 12.6. The first-order valence-corrected chi connectivity index (χ1v) is 9.63. The Balaban J connectivity index is 1.56. The first kappa shape index (κ1) is 16.6. The summed E-state index contributed by atoms with van der Waals surface area (Å²) >= 11 is 1.62. The summed E-state index contributed by atoms with van der Waals surface area (Å²) in [5, 5.41) is 12.0. The van der Waals surface area contributed by atoms with Crippen molar-refractivity contribution in [1.82, 2.24) is 10.2 Å². The summed E-state index contributed by atoms with van der Waals surface area (Å²) in [7, 11) is 0. The standard InChI is InChI=1S/C16H24N2O4S/c19-14(17-12-6-5-11(7-12)16(21)22)13-8-23-9-18(13)15(20)10-3-1-2-4-10/h10-13H,1-9H2,(H,17,19)(H,21,22)/t11-,12+,13?/m0/s1. The Hall–Kier alpha value is -1.24. The number of carbonyl (C=O) groups excluding carboxylic acids is 2. The Bertz CT molecular complexity index is 492. The molecule has 6 nitrogen and oxygen atoms in total. The maximum absolute atomic E-state index is 12.6. The third-order valence-corrected chi connectivity index (χ3v) is 6.31. The van der Waals surface area contributed by atoms with E-state index in [1.807, 2.05) is 0 Å². The predicted octanol–water partition coefficient (Wildman–Crippen LogP) is 1.45. The first-order chi connectivity index (χ1) is 11.1. The molecule has 0 aromatic carbocycles. The highest BCUT2D eigenvalue weighted by Gasteiger charge is 2.39. The van der Waals surface area contributed by atoms with Crippen molar-refractivity contribution in [3.8, 4) is 0 Å². The molecule has 1 aliphatic heterocycles. The number of thioether (sulfide) groups is 1. The van der Waals surface area contributed by atoms with Gasteiger partial charge >= 0.3 is 5.97 Å². The Kier molecular flexibility index (Phi) is 5.14. The van der Waals surface area contributed by atoms with E-state index in [-0.39, 0.29) is 29.7 Å². The van der Waals surface area contributed by atoms with E-state index in [0.29, 0.717) is 30.9 Å². The van der Waals surface area contributed by atoms with Gasteiger partial charge < -0.3 is 15.3 Å². The molecule has 1 heterocycles. The number of hydrogen-bond acceptors (Lipinski definition) is 4. The van der Waals surface area contributed by atoms with Crippen LogP contribution < -0.4 is 5.32 Å². The summed E-state index contributed by atoms with van der Waals surface area (Å²) in [6.07, 6.45) is 5.91. The number of nitrogens with one attached hydrogen (secondary N) is 1. The van der Waals surface area contributed by atoms with Gasteiger partial charge in [0.05, 0.1) is 11.8 Å². The molecule has 0 radical (unpaired) electrons. The number of rotatable bonds is 4. The third-order valence-electron chi connectivity index (χ3n) is 5.30. The van der Waals surface area contributed by atoms with E-state index in [1.54, 1.807) is 16.7 Å². The summed E-state index contributed by atoms with van der Waals surface area (Å²) in [6.45, 7) is 0. The van der Waals surface area contributed by atoms with Crippen LogP contribution in [-0.4, -0.2) is 51.5 Å². The average molecular weight is 340 g/mol. The van der Waals surface area contributed by atoms with Crippen molar-refractivity contribution in [2.45, 2.75) is 57.0 Å².